The van der Waals surface area contributed by atoms with E-state index in [4.69, 9.17) is 4.74 Å². The van der Waals surface area contributed by atoms with E-state index in [-0.39, 0.29) is 0 Å². The molecule has 1 aromatic carbocycles. The number of methoxy groups -OCH3 is 1. The number of allylic oxidation sites excluding steroid dienone is 1. The van der Waals surface area contributed by atoms with E-state index in [0.717, 1.165) is 12.2 Å². The highest BCUT2D eigenvalue weighted by Gasteiger charge is 2.12. The molecule has 0 bridgehead atoms. The number of hydrogen-bond donors (Lipinski definition) is 1. The van der Waals surface area contributed by atoms with Crippen LogP contribution in [0.2, 0.25) is 0 Å². The Hall–Kier alpha value is -1.70. The van der Waals surface area contributed by atoms with Crippen LogP contribution in [0.15, 0.2) is 24.3 Å². The van der Waals surface area contributed by atoms with Crippen molar-refractivity contribution >= 4 is 17.0 Å². The lowest BCUT2D eigenvalue weighted by molar-refractivity contribution is 0.415. The quantitative estimate of drug-likeness (QED) is 0.726. The third-order valence-corrected chi connectivity index (χ3v) is 2.75. The lowest BCUT2D eigenvalue weighted by atomic mass is 10.1. The number of ether oxygens (including phenoxy) is 1. The average molecular weight is 185 g/mol. The second-order valence-electron chi connectivity index (χ2n) is 3.54. The molecule has 0 amide bonds. The number of rotatable bonds is 1. The molecule has 0 saturated carbocycles. The third kappa shape index (κ3) is 0.909. The zero-order valence-corrected chi connectivity index (χ0v) is 8.00. The Balaban J connectivity index is 2.32. The van der Waals surface area contributed by atoms with Gasteiger partial charge in [-0.1, -0.05) is 6.08 Å². The summed E-state index contributed by atoms with van der Waals surface area (Å²) in [6.45, 7) is 0. The molecule has 0 radical (unpaired) electrons. The molecule has 14 heavy (non-hydrogen) atoms. The first-order valence-corrected chi connectivity index (χ1v) is 4.73. The summed E-state index contributed by atoms with van der Waals surface area (Å²) in [6.07, 6.45) is 5.35. The van der Waals surface area contributed by atoms with Crippen molar-refractivity contribution in [1.82, 2.24) is 4.98 Å². The number of benzene rings is 1. The van der Waals surface area contributed by atoms with Gasteiger partial charge in [-0.15, -0.1) is 0 Å². The number of aromatic nitrogens is 1. The summed E-state index contributed by atoms with van der Waals surface area (Å²) < 4.78 is 5.22. The van der Waals surface area contributed by atoms with E-state index in [1.54, 1.807) is 7.11 Å². The van der Waals surface area contributed by atoms with E-state index in [1.807, 2.05) is 6.07 Å². The van der Waals surface area contributed by atoms with E-state index < -0.39 is 0 Å². The Morgan fingerprint density at radius 1 is 1.36 bits per heavy atom. The van der Waals surface area contributed by atoms with Gasteiger partial charge in [-0.2, -0.15) is 0 Å². The molecule has 1 N–H and O–H groups in total. The highest BCUT2D eigenvalue weighted by Crippen LogP contribution is 2.30. The molecule has 2 aromatic rings. The third-order valence-electron chi connectivity index (χ3n) is 2.75. The van der Waals surface area contributed by atoms with Crippen LogP contribution in [0.25, 0.3) is 17.0 Å². The molecule has 1 aliphatic carbocycles. The molecule has 2 nitrogen and oxygen atoms in total. The largest absolute Gasteiger partial charge is 0.497 e. The summed E-state index contributed by atoms with van der Waals surface area (Å²) in [7, 11) is 1.70. The smallest absolute Gasteiger partial charge is 0.119 e. The maximum Gasteiger partial charge on any atom is 0.119 e. The number of fused-ring (bicyclic) bond motifs is 3. The normalized spacial score (nSPS) is 13.5. The fourth-order valence-corrected chi connectivity index (χ4v) is 2.03. The molecule has 2 heteroatoms. The van der Waals surface area contributed by atoms with Crippen molar-refractivity contribution in [2.45, 2.75) is 6.42 Å². The highest BCUT2D eigenvalue weighted by molar-refractivity contribution is 5.90. The molecule has 0 atom stereocenters. The monoisotopic (exact) mass is 185 g/mol. The van der Waals surface area contributed by atoms with Gasteiger partial charge in [0, 0.05) is 16.6 Å². The second kappa shape index (κ2) is 2.64. The Morgan fingerprint density at radius 2 is 2.29 bits per heavy atom. The van der Waals surface area contributed by atoms with Crippen molar-refractivity contribution < 1.29 is 4.74 Å². The Bertz CT molecular complexity index is 522. The van der Waals surface area contributed by atoms with Crippen LogP contribution in [0.3, 0.4) is 0 Å². The minimum atomic E-state index is 0.922. The lowest BCUT2D eigenvalue weighted by Crippen LogP contribution is -1.82. The van der Waals surface area contributed by atoms with Gasteiger partial charge in [-0.3, -0.25) is 0 Å². The van der Waals surface area contributed by atoms with Gasteiger partial charge < -0.3 is 9.72 Å². The summed E-state index contributed by atoms with van der Waals surface area (Å²) in [6, 6.07) is 6.15. The maximum atomic E-state index is 5.22. The first-order valence-electron chi connectivity index (χ1n) is 4.73. The van der Waals surface area contributed by atoms with Gasteiger partial charge in [0.2, 0.25) is 0 Å². The van der Waals surface area contributed by atoms with Crippen LogP contribution >= 0.6 is 0 Å². The molecule has 1 aromatic heterocycles. The first kappa shape index (κ1) is 7.68. The van der Waals surface area contributed by atoms with Gasteiger partial charge in [-0.05, 0) is 36.3 Å². The highest BCUT2D eigenvalue weighted by atomic mass is 16.5. The molecule has 0 saturated heterocycles. The van der Waals surface area contributed by atoms with E-state index in [9.17, 15) is 0 Å². The molecule has 70 valence electrons. The van der Waals surface area contributed by atoms with Gasteiger partial charge >= 0.3 is 0 Å². The van der Waals surface area contributed by atoms with Gasteiger partial charge in [-0.25, -0.2) is 0 Å². The molecule has 1 heterocycles. The first-order chi connectivity index (χ1) is 6.88. The van der Waals surface area contributed by atoms with Crippen LogP contribution in [0.5, 0.6) is 5.75 Å². The SMILES string of the molecule is COc1ccc2[nH]c3c(c2c1)CC=C3. The van der Waals surface area contributed by atoms with Crippen LogP contribution in [0.1, 0.15) is 11.3 Å². The van der Waals surface area contributed by atoms with Gasteiger partial charge in [0.25, 0.3) is 0 Å². The number of nitrogens with one attached hydrogen (secondary N) is 1. The van der Waals surface area contributed by atoms with E-state index in [1.165, 1.54) is 22.2 Å². The Morgan fingerprint density at radius 3 is 3.14 bits per heavy atom. The number of H-pyrrole nitrogens is 1. The van der Waals surface area contributed by atoms with E-state index in [2.05, 4.69) is 29.3 Å². The van der Waals surface area contributed by atoms with Crippen LogP contribution in [0, 0.1) is 0 Å². The fraction of sp³-hybridized carbons (Fsp3) is 0.167. The van der Waals surface area contributed by atoms with Gasteiger partial charge in [0.15, 0.2) is 0 Å². The minimum absolute atomic E-state index is 0.922. The van der Waals surface area contributed by atoms with Crippen molar-refractivity contribution in [2.75, 3.05) is 7.11 Å². The second-order valence-corrected chi connectivity index (χ2v) is 3.54. The van der Waals surface area contributed by atoms with Crippen molar-refractivity contribution in [1.29, 1.82) is 0 Å². The van der Waals surface area contributed by atoms with Crippen LogP contribution < -0.4 is 4.74 Å². The Kier molecular flexibility index (Phi) is 1.45. The zero-order valence-electron chi connectivity index (χ0n) is 8.00. The molecule has 0 fully saturated rings. The number of aromatic amines is 1. The van der Waals surface area contributed by atoms with Crippen LogP contribution in [-0.2, 0) is 6.42 Å². The van der Waals surface area contributed by atoms with Crippen LogP contribution in [-0.4, -0.2) is 12.1 Å². The van der Waals surface area contributed by atoms with Crippen molar-refractivity contribution in [3.8, 4) is 5.75 Å². The van der Waals surface area contributed by atoms with Gasteiger partial charge in [0.1, 0.15) is 5.75 Å². The predicted octanol–water partition coefficient (Wildman–Crippen LogP) is 2.75. The van der Waals surface area contributed by atoms with Crippen molar-refractivity contribution in [2.24, 2.45) is 0 Å². The topological polar surface area (TPSA) is 25.0 Å². The molecule has 0 aliphatic heterocycles. The summed E-state index contributed by atoms with van der Waals surface area (Å²) in [5.41, 5.74) is 3.83. The summed E-state index contributed by atoms with van der Waals surface area (Å²) >= 11 is 0. The zero-order chi connectivity index (χ0) is 9.54. The maximum absolute atomic E-state index is 5.22. The van der Waals surface area contributed by atoms with Crippen molar-refractivity contribution in [3.63, 3.8) is 0 Å². The molecular weight excluding hydrogens is 174 g/mol. The molecule has 1 aliphatic rings. The average Bonchev–Trinajstić information content (AvgIpc) is 2.76. The molecular formula is C12H11NO. The molecule has 0 unspecified atom stereocenters. The molecule has 3 rings (SSSR count). The Labute approximate surface area is 82.2 Å². The summed E-state index contributed by atoms with van der Waals surface area (Å²) in [5, 5.41) is 1.28. The summed E-state index contributed by atoms with van der Waals surface area (Å²) in [4.78, 5) is 3.38. The van der Waals surface area contributed by atoms with Crippen molar-refractivity contribution in [3.05, 3.63) is 35.5 Å². The predicted molar refractivity (Wildman–Crippen MR) is 57.6 cm³/mol. The lowest BCUT2D eigenvalue weighted by Gasteiger charge is -1.99. The van der Waals surface area contributed by atoms with E-state index in [0.29, 0.717) is 0 Å². The summed E-state index contributed by atoms with van der Waals surface area (Å²) in [5.74, 6) is 0.922. The standard InChI is InChI=1S/C12H11NO/c1-14-8-5-6-12-10(7-8)9-3-2-4-11(9)13-12/h2,4-7,13H,3H2,1H3. The van der Waals surface area contributed by atoms with Gasteiger partial charge in [0.05, 0.1) is 7.11 Å². The number of hydrogen-bond acceptors (Lipinski definition) is 1. The van der Waals surface area contributed by atoms with E-state index >= 15 is 0 Å². The molecule has 0 spiro atoms. The van der Waals surface area contributed by atoms with Crippen LogP contribution in [0.4, 0.5) is 0 Å². The minimum Gasteiger partial charge on any atom is -0.497 e. The fourth-order valence-electron chi connectivity index (χ4n) is 2.03.